The first-order chi connectivity index (χ1) is 13.7. The number of aromatic nitrogens is 3. The Labute approximate surface area is 167 Å². The Morgan fingerprint density at radius 2 is 1.93 bits per heavy atom. The lowest BCUT2D eigenvalue weighted by Crippen LogP contribution is -2.48. The van der Waals surface area contributed by atoms with E-state index in [1.165, 1.54) is 31.2 Å². The molecule has 2 N–H and O–H groups in total. The van der Waals surface area contributed by atoms with Gasteiger partial charge in [0.15, 0.2) is 5.96 Å². The van der Waals surface area contributed by atoms with Crippen LogP contribution in [0.2, 0.25) is 0 Å². The van der Waals surface area contributed by atoms with E-state index in [1.807, 2.05) is 18.7 Å². The lowest BCUT2D eigenvalue weighted by atomic mass is 9.79. The van der Waals surface area contributed by atoms with E-state index in [2.05, 4.69) is 56.0 Å². The van der Waals surface area contributed by atoms with Crippen LogP contribution in [0.25, 0.3) is 0 Å². The first-order valence-electron chi connectivity index (χ1n) is 10.6. The number of aliphatic imine (C=N–C) groups is 1. The molecule has 150 valence electrons. The van der Waals surface area contributed by atoms with E-state index in [0.717, 1.165) is 55.4 Å². The van der Waals surface area contributed by atoms with Crippen molar-refractivity contribution >= 4 is 5.96 Å². The van der Waals surface area contributed by atoms with Crippen LogP contribution in [0.3, 0.4) is 0 Å². The molecular weight excluding hydrogens is 348 g/mol. The smallest absolute Gasteiger partial charge is 0.191 e. The van der Waals surface area contributed by atoms with Gasteiger partial charge in [-0.05, 0) is 56.4 Å². The Morgan fingerprint density at radius 3 is 2.68 bits per heavy atom. The minimum Gasteiger partial charge on any atom is -0.356 e. The number of benzene rings is 1. The normalized spacial score (nSPS) is 25.2. The molecule has 1 saturated carbocycles. The largest absolute Gasteiger partial charge is 0.356 e. The molecule has 6 heteroatoms. The van der Waals surface area contributed by atoms with Crippen LogP contribution >= 0.6 is 0 Å². The third-order valence-corrected chi connectivity index (χ3v) is 6.20. The van der Waals surface area contributed by atoms with Gasteiger partial charge in [-0.1, -0.05) is 30.3 Å². The summed E-state index contributed by atoms with van der Waals surface area (Å²) in [7, 11) is 1.86. The molecule has 6 nitrogen and oxygen atoms in total. The SMILES string of the molecule is CN=C(NCC1CCC(c2ccccc2)CC1)NC1CCc2nc(C)nn2C1. The van der Waals surface area contributed by atoms with Gasteiger partial charge in [0.2, 0.25) is 0 Å². The van der Waals surface area contributed by atoms with Gasteiger partial charge in [0, 0.05) is 26.1 Å². The highest BCUT2D eigenvalue weighted by Crippen LogP contribution is 2.35. The third-order valence-electron chi connectivity index (χ3n) is 6.20. The number of rotatable bonds is 4. The second-order valence-electron chi connectivity index (χ2n) is 8.22. The van der Waals surface area contributed by atoms with Crippen molar-refractivity contribution < 1.29 is 0 Å². The van der Waals surface area contributed by atoms with Gasteiger partial charge in [-0.15, -0.1) is 0 Å². The fourth-order valence-corrected chi connectivity index (χ4v) is 4.61. The van der Waals surface area contributed by atoms with Crippen LogP contribution < -0.4 is 10.6 Å². The number of nitrogens with zero attached hydrogens (tertiary/aromatic N) is 4. The molecule has 0 saturated heterocycles. The predicted molar refractivity (Wildman–Crippen MR) is 113 cm³/mol. The van der Waals surface area contributed by atoms with Crippen LogP contribution in [-0.2, 0) is 13.0 Å². The van der Waals surface area contributed by atoms with E-state index >= 15 is 0 Å². The van der Waals surface area contributed by atoms with Crippen molar-refractivity contribution in [3.8, 4) is 0 Å². The Hall–Kier alpha value is -2.37. The van der Waals surface area contributed by atoms with Crippen molar-refractivity contribution in [2.45, 2.75) is 64.0 Å². The number of hydrogen-bond acceptors (Lipinski definition) is 3. The average molecular weight is 381 g/mol. The highest BCUT2D eigenvalue weighted by atomic mass is 15.4. The maximum absolute atomic E-state index is 4.49. The van der Waals surface area contributed by atoms with Crippen LogP contribution in [0, 0.1) is 12.8 Å². The van der Waals surface area contributed by atoms with Gasteiger partial charge in [-0.25, -0.2) is 9.67 Å². The van der Waals surface area contributed by atoms with Crippen LogP contribution in [-0.4, -0.2) is 40.4 Å². The summed E-state index contributed by atoms with van der Waals surface area (Å²) in [6, 6.07) is 11.3. The minimum absolute atomic E-state index is 0.355. The van der Waals surface area contributed by atoms with Crippen molar-refractivity contribution in [2.24, 2.45) is 10.9 Å². The molecule has 0 bridgehead atoms. The highest BCUT2D eigenvalue weighted by molar-refractivity contribution is 5.79. The number of aryl methyl sites for hydroxylation is 2. The van der Waals surface area contributed by atoms with Crippen molar-refractivity contribution in [1.82, 2.24) is 25.4 Å². The maximum Gasteiger partial charge on any atom is 0.191 e. The molecule has 2 heterocycles. The van der Waals surface area contributed by atoms with Crippen LogP contribution in [0.4, 0.5) is 0 Å². The first kappa shape index (κ1) is 19.0. The second kappa shape index (κ2) is 8.76. The molecule has 1 aromatic heterocycles. The predicted octanol–water partition coefficient (Wildman–Crippen LogP) is 3.04. The molecular formula is C22H32N6. The number of guanidine groups is 1. The fraction of sp³-hybridized carbons (Fsp3) is 0.591. The first-order valence-corrected chi connectivity index (χ1v) is 10.6. The monoisotopic (exact) mass is 380 g/mol. The van der Waals surface area contributed by atoms with Gasteiger partial charge in [0.1, 0.15) is 11.6 Å². The molecule has 1 atom stereocenters. The number of fused-ring (bicyclic) bond motifs is 1. The molecule has 0 amide bonds. The Kier molecular flexibility index (Phi) is 5.93. The lowest BCUT2D eigenvalue weighted by molar-refractivity contribution is 0.323. The zero-order chi connectivity index (χ0) is 19.3. The third kappa shape index (κ3) is 4.54. The van der Waals surface area contributed by atoms with Gasteiger partial charge >= 0.3 is 0 Å². The van der Waals surface area contributed by atoms with Crippen molar-refractivity contribution in [2.75, 3.05) is 13.6 Å². The fourth-order valence-electron chi connectivity index (χ4n) is 4.61. The van der Waals surface area contributed by atoms with E-state index < -0.39 is 0 Å². The molecule has 1 fully saturated rings. The van der Waals surface area contributed by atoms with Gasteiger partial charge in [-0.2, -0.15) is 5.10 Å². The van der Waals surface area contributed by atoms with E-state index in [1.54, 1.807) is 0 Å². The highest BCUT2D eigenvalue weighted by Gasteiger charge is 2.24. The summed E-state index contributed by atoms with van der Waals surface area (Å²) >= 11 is 0. The Balaban J connectivity index is 1.22. The number of hydrogen-bond donors (Lipinski definition) is 2. The molecule has 0 radical (unpaired) electrons. The van der Waals surface area contributed by atoms with Crippen molar-refractivity contribution in [1.29, 1.82) is 0 Å². The zero-order valence-corrected chi connectivity index (χ0v) is 17.1. The van der Waals surface area contributed by atoms with Crippen molar-refractivity contribution in [3.63, 3.8) is 0 Å². The van der Waals surface area contributed by atoms with Gasteiger partial charge in [-0.3, -0.25) is 4.99 Å². The quantitative estimate of drug-likeness (QED) is 0.632. The van der Waals surface area contributed by atoms with Gasteiger partial charge in [0.25, 0.3) is 0 Å². The molecule has 0 spiro atoms. The zero-order valence-electron chi connectivity index (χ0n) is 17.1. The summed E-state index contributed by atoms with van der Waals surface area (Å²) in [6.07, 6.45) is 7.20. The molecule has 2 aromatic rings. The Bertz CT molecular complexity index is 789. The van der Waals surface area contributed by atoms with Crippen LogP contribution in [0.15, 0.2) is 35.3 Å². The summed E-state index contributed by atoms with van der Waals surface area (Å²) in [5.74, 6) is 4.35. The Morgan fingerprint density at radius 1 is 1.14 bits per heavy atom. The van der Waals surface area contributed by atoms with Crippen molar-refractivity contribution in [3.05, 3.63) is 47.5 Å². The van der Waals surface area contributed by atoms with E-state index in [4.69, 9.17) is 0 Å². The molecule has 1 aliphatic carbocycles. The van der Waals surface area contributed by atoms with E-state index in [-0.39, 0.29) is 0 Å². The van der Waals surface area contributed by atoms with E-state index in [0.29, 0.717) is 6.04 Å². The topological polar surface area (TPSA) is 67.1 Å². The molecule has 1 aliphatic heterocycles. The summed E-state index contributed by atoms with van der Waals surface area (Å²) in [6.45, 7) is 3.82. The second-order valence-corrected chi connectivity index (χ2v) is 8.22. The molecule has 4 rings (SSSR count). The minimum atomic E-state index is 0.355. The summed E-state index contributed by atoms with van der Waals surface area (Å²) in [4.78, 5) is 8.93. The lowest BCUT2D eigenvalue weighted by Gasteiger charge is -2.30. The van der Waals surface area contributed by atoms with E-state index in [9.17, 15) is 0 Å². The van der Waals surface area contributed by atoms with Gasteiger partial charge in [0.05, 0.1) is 6.54 Å². The summed E-state index contributed by atoms with van der Waals surface area (Å²) in [5, 5.41) is 11.6. The molecule has 28 heavy (non-hydrogen) atoms. The summed E-state index contributed by atoms with van der Waals surface area (Å²) < 4.78 is 2.04. The molecule has 1 unspecified atom stereocenters. The molecule has 2 aliphatic rings. The number of nitrogens with one attached hydrogen (secondary N) is 2. The van der Waals surface area contributed by atoms with Gasteiger partial charge < -0.3 is 10.6 Å². The van der Waals surface area contributed by atoms with Crippen LogP contribution in [0.1, 0.15) is 55.2 Å². The van der Waals surface area contributed by atoms with Crippen LogP contribution in [0.5, 0.6) is 0 Å². The standard InChI is InChI=1S/C22H32N6/c1-16-25-21-13-12-20(15-28(21)27-16)26-22(23-2)24-14-17-8-10-19(11-9-17)18-6-4-3-5-7-18/h3-7,17,19-20H,8-15H2,1-2H3,(H2,23,24,26). The molecule has 1 aromatic carbocycles. The average Bonchev–Trinajstić information content (AvgIpc) is 3.11. The summed E-state index contributed by atoms with van der Waals surface area (Å²) in [5.41, 5.74) is 1.51. The maximum atomic E-state index is 4.49.